The number of nitrogens with one attached hydrogen (secondary N) is 2. The second-order valence-electron chi connectivity index (χ2n) is 9.94. The molecule has 7 heteroatoms. The molecule has 1 amide bonds. The summed E-state index contributed by atoms with van der Waals surface area (Å²) in [5, 5.41) is 6.73. The molecule has 4 N–H and O–H groups in total. The maximum absolute atomic E-state index is 13.8. The number of hydrogen-bond acceptors (Lipinski definition) is 5. The number of carbonyl (C=O) groups excluding carboxylic acids is 1. The Bertz CT molecular complexity index is 1230. The third kappa shape index (κ3) is 8.43. The van der Waals surface area contributed by atoms with E-state index in [0.717, 1.165) is 39.3 Å². The number of aryl methyl sites for hydroxylation is 1. The summed E-state index contributed by atoms with van der Waals surface area (Å²) in [7, 11) is -1.98. The van der Waals surface area contributed by atoms with Crippen LogP contribution in [0.3, 0.4) is 0 Å². The summed E-state index contributed by atoms with van der Waals surface area (Å²) < 4.78 is 6.35. The molecular formula is C30H40N3O2PS. The van der Waals surface area contributed by atoms with Crippen molar-refractivity contribution in [1.82, 2.24) is 0 Å². The molecule has 1 atom stereocenters. The van der Waals surface area contributed by atoms with E-state index in [0.29, 0.717) is 23.5 Å². The van der Waals surface area contributed by atoms with Crippen molar-refractivity contribution >= 4 is 48.1 Å². The molecule has 0 aliphatic rings. The average Bonchev–Trinajstić information content (AvgIpc) is 2.83. The molecule has 198 valence electrons. The molecule has 0 saturated heterocycles. The van der Waals surface area contributed by atoms with Crippen LogP contribution in [0.5, 0.6) is 0 Å². The lowest BCUT2D eigenvalue weighted by molar-refractivity contribution is 0.102. The first-order valence-electron chi connectivity index (χ1n) is 12.8. The van der Waals surface area contributed by atoms with Crippen molar-refractivity contribution < 1.29 is 9.32 Å². The molecule has 1 unspecified atom stereocenters. The standard InChI is InChI=1S/C30H40N3O2PS/c1-7-23-11-8-9-12-26(23)33-30(34)29-27(32-20-36(6,19-21(2)3)35-22(4)5)13-10-14-28(29)37-25-17-15-24(31)16-18-25/h8-18,21-22,32H,6-7,19-20,31H2,1-5H3,(H,33,34). The highest BCUT2D eigenvalue weighted by atomic mass is 32.2. The number of nitrogen functional groups attached to an aromatic ring is 1. The van der Waals surface area contributed by atoms with E-state index in [2.05, 4.69) is 37.7 Å². The fraction of sp³-hybridized carbons (Fsp3) is 0.333. The molecular weight excluding hydrogens is 497 g/mol. The van der Waals surface area contributed by atoms with Crippen LogP contribution in [-0.4, -0.2) is 30.8 Å². The quantitative estimate of drug-likeness (QED) is 0.161. The molecule has 0 aromatic heterocycles. The Morgan fingerprint density at radius 3 is 2.32 bits per heavy atom. The molecule has 5 nitrogen and oxygen atoms in total. The summed E-state index contributed by atoms with van der Waals surface area (Å²) in [5.74, 6) is 0.315. The van der Waals surface area contributed by atoms with E-state index in [1.165, 1.54) is 0 Å². The first kappa shape index (κ1) is 28.9. The summed E-state index contributed by atoms with van der Waals surface area (Å²) in [5.41, 5.74) is 9.90. The molecule has 0 aliphatic carbocycles. The van der Waals surface area contributed by atoms with Crippen LogP contribution in [0.2, 0.25) is 0 Å². The van der Waals surface area contributed by atoms with Crippen molar-refractivity contribution in [1.29, 1.82) is 0 Å². The van der Waals surface area contributed by atoms with Gasteiger partial charge in [-0.2, -0.15) is 0 Å². The fourth-order valence-electron chi connectivity index (χ4n) is 4.28. The number of nitrogens with two attached hydrogens (primary N) is 1. The molecule has 0 radical (unpaired) electrons. The second kappa shape index (κ2) is 13.2. The molecule has 3 aromatic rings. The first-order chi connectivity index (χ1) is 17.6. The molecule has 37 heavy (non-hydrogen) atoms. The third-order valence-corrected chi connectivity index (χ3v) is 9.76. The van der Waals surface area contributed by atoms with Crippen molar-refractivity contribution in [2.45, 2.75) is 56.9 Å². The minimum Gasteiger partial charge on any atom is -0.399 e. The van der Waals surface area contributed by atoms with Gasteiger partial charge in [0.25, 0.3) is 5.91 Å². The zero-order valence-electron chi connectivity index (χ0n) is 22.6. The van der Waals surface area contributed by atoms with Crippen LogP contribution in [-0.2, 0) is 10.9 Å². The van der Waals surface area contributed by atoms with E-state index >= 15 is 0 Å². The van der Waals surface area contributed by atoms with Gasteiger partial charge in [0, 0.05) is 34.0 Å². The van der Waals surface area contributed by atoms with Crippen LogP contribution >= 0.6 is 18.9 Å². The SMILES string of the molecule is C=P(CNc1cccc(Sc2ccc(N)cc2)c1C(=O)Nc1ccccc1CC)(CC(C)C)OC(C)C. The van der Waals surface area contributed by atoms with Crippen molar-refractivity contribution in [3.63, 3.8) is 0 Å². The highest BCUT2D eigenvalue weighted by molar-refractivity contribution is 7.99. The molecule has 0 heterocycles. The van der Waals surface area contributed by atoms with Gasteiger partial charge in [0.1, 0.15) is 0 Å². The Morgan fingerprint density at radius 2 is 1.68 bits per heavy atom. The number of para-hydroxylation sites is 1. The second-order valence-corrected chi connectivity index (χ2v) is 14.1. The molecule has 0 spiro atoms. The van der Waals surface area contributed by atoms with Crippen LogP contribution in [0.15, 0.2) is 76.5 Å². The average molecular weight is 538 g/mol. The van der Waals surface area contributed by atoms with Gasteiger partial charge >= 0.3 is 0 Å². The number of hydrogen-bond donors (Lipinski definition) is 3. The Balaban J connectivity index is 1.99. The number of amides is 1. The Labute approximate surface area is 226 Å². The zero-order chi connectivity index (χ0) is 27.0. The lowest BCUT2D eigenvalue weighted by Gasteiger charge is -2.30. The van der Waals surface area contributed by atoms with E-state index in [1.54, 1.807) is 11.8 Å². The minimum absolute atomic E-state index is 0.0899. The molecule has 0 bridgehead atoms. The van der Waals surface area contributed by atoms with Gasteiger partial charge in [-0.15, -0.1) is 0 Å². The van der Waals surface area contributed by atoms with Crippen LogP contribution in [0.25, 0.3) is 0 Å². The maximum atomic E-state index is 13.8. The topological polar surface area (TPSA) is 76.4 Å². The van der Waals surface area contributed by atoms with Crippen LogP contribution < -0.4 is 16.4 Å². The summed E-state index contributed by atoms with van der Waals surface area (Å²) in [4.78, 5) is 15.7. The smallest absolute Gasteiger partial charge is 0.258 e. The highest BCUT2D eigenvalue weighted by Crippen LogP contribution is 2.49. The van der Waals surface area contributed by atoms with Crippen molar-refractivity contribution in [2.24, 2.45) is 5.92 Å². The molecule has 3 rings (SSSR count). The molecule has 0 fully saturated rings. The highest BCUT2D eigenvalue weighted by Gasteiger charge is 2.22. The number of rotatable bonds is 12. The van der Waals surface area contributed by atoms with Crippen LogP contribution in [0.4, 0.5) is 17.1 Å². The fourth-order valence-corrected chi connectivity index (χ4v) is 8.23. The number of carbonyl (C=O) groups is 1. The number of anilines is 3. The summed E-state index contributed by atoms with van der Waals surface area (Å²) in [6.45, 7) is 10.6. The number of benzene rings is 3. The molecule has 0 saturated carbocycles. The van der Waals surface area contributed by atoms with Crippen molar-refractivity contribution in [2.75, 3.05) is 28.8 Å². The van der Waals surface area contributed by atoms with Gasteiger partial charge < -0.3 is 20.9 Å². The van der Waals surface area contributed by atoms with Gasteiger partial charge in [-0.05, 0) is 80.4 Å². The van der Waals surface area contributed by atoms with Gasteiger partial charge in [0.05, 0.1) is 18.0 Å². The lowest BCUT2D eigenvalue weighted by Crippen LogP contribution is -2.19. The first-order valence-corrected chi connectivity index (χ1v) is 15.9. The minimum atomic E-state index is -1.98. The van der Waals surface area contributed by atoms with E-state index in [-0.39, 0.29) is 12.0 Å². The third-order valence-electron chi connectivity index (χ3n) is 5.70. The van der Waals surface area contributed by atoms with Gasteiger partial charge in [0.2, 0.25) is 0 Å². The van der Waals surface area contributed by atoms with Crippen LogP contribution in [0, 0.1) is 5.92 Å². The summed E-state index contributed by atoms with van der Waals surface area (Å²) >= 11 is 1.55. The van der Waals surface area contributed by atoms with E-state index in [4.69, 9.17) is 10.3 Å². The zero-order valence-corrected chi connectivity index (χ0v) is 24.3. The predicted molar refractivity (Wildman–Crippen MR) is 164 cm³/mol. The monoisotopic (exact) mass is 537 g/mol. The van der Waals surface area contributed by atoms with Gasteiger partial charge in [-0.25, -0.2) is 0 Å². The molecule has 0 aliphatic heterocycles. The van der Waals surface area contributed by atoms with E-state index < -0.39 is 7.11 Å². The maximum Gasteiger partial charge on any atom is 0.258 e. The Morgan fingerprint density at radius 1 is 1.00 bits per heavy atom. The van der Waals surface area contributed by atoms with Crippen LogP contribution in [0.1, 0.15) is 50.5 Å². The summed E-state index contributed by atoms with van der Waals surface area (Å²) in [6.07, 6.45) is 6.95. The Kier molecular flexibility index (Phi) is 10.3. The van der Waals surface area contributed by atoms with E-state index in [9.17, 15) is 4.79 Å². The van der Waals surface area contributed by atoms with Gasteiger partial charge in [-0.3, -0.25) is 4.79 Å². The van der Waals surface area contributed by atoms with E-state index in [1.807, 2.05) is 80.6 Å². The lowest BCUT2D eigenvalue weighted by atomic mass is 10.1. The summed E-state index contributed by atoms with van der Waals surface area (Å²) in [6, 6.07) is 21.5. The normalized spacial score (nSPS) is 12.9. The van der Waals surface area contributed by atoms with Gasteiger partial charge in [-0.1, -0.05) is 63.1 Å². The van der Waals surface area contributed by atoms with Crippen molar-refractivity contribution in [3.8, 4) is 0 Å². The largest absolute Gasteiger partial charge is 0.399 e. The predicted octanol–water partition coefficient (Wildman–Crippen LogP) is 8.05. The molecule has 3 aromatic carbocycles. The van der Waals surface area contributed by atoms with Gasteiger partial charge in [0.15, 0.2) is 0 Å². The Hall–Kier alpha value is -2.66. The van der Waals surface area contributed by atoms with Crippen molar-refractivity contribution in [3.05, 3.63) is 77.9 Å².